The van der Waals surface area contributed by atoms with Crippen molar-refractivity contribution in [2.75, 3.05) is 6.54 Å². The second-order valence-corrected chi connectivity index (χ2v) is 5.38. The van der Waals surface area contributed by atoms with Crippen LogP contribution in [0.15, 0.2) is 34.3 Å². The minimum absolute atomic E-state index is 0.470. The van der Waals surface area contributed by atoms with E-state index >= 15 is 0 Å². The third kappa shape index (κ3) is 2.97. The highest BCUT2D eigenvalue weighted by atomic mass is 32.1. The second kappa shape index (κ2) is 5.04. The van der Waals surface area contributed by atoms with Crippen LogP contribution in [-0.4, -0.2) is 11.7 Å². The standard InChI is InChI=1S/C13H17NO2S/c1-10-5-7-17-11(10)8-14-9-13(2,15)12-4-3-6-16-12/h3-7,14-15H,8-9H2,1-2H3. The summed E-state index contributed by atoms with van der Waals surface area (Å²) in [7, 11) is 0. The molecule has 0 saturated carbocycles. The van der Waals surface area contributed by atoms with E-state index in [4.69, 9.17) is 4.42 Å². The van der Waals surface area contributed by atoms with Crippen molar-refractivity contribution in [1.29, 1.82) is 0 Å². The highest BCUT2D eigenvalue weighted by molar-refractivity contribution is 7.10. The summed E-state index contributed by atoms with van der Waals surface area (Å²) >= 11 is 1.73. The third-order valence-electron chi connectivity index (χ3n) is 2.77. The molecule has 17 heavy (non-hydrogen) atoms. The summed E-state index contributed by atoms with van der Waals surface area (Å²) in [5, 5.41) is 15.6. The van der Waals surface area contributed by atoms with Crippen molar-refractivity contribution in [3.8, 4) is 0 Å². The Morgan fingerprint density at radius 3 is 2.88 bits per heavy atom. The van der Waals surface area contributed by atoms with Gasteiger partial charge in [0.15, 0.2) is 0 Å². The number of furan rings is 1. The van der Waals surface area contributed by atoms with Crippen LogP contribution in [0, 0.1) is 6.92 Å². The predicted molar refractivity (Wildman–Crippen MR) is 69.0 cm³/mol. The van der Waals surface area contributed by atoms with Gasteiger partial charge in [0.1, 0.15) is 11.4 Å². The van der Waals surface area contributed by atoms with E-state index in [-0.39, 0.29) is 0 Å². The van der Waals surface area contributed by atoms with Gasteiger partial charge in [-0.2, -0.15) is 0 Å². The van der Waals surface area contributed by atoms with E-state index in [0.29, 0.717) is 12.3 Å². The lowest BCUT2D eigenvalue weighted by Crippen LogP contribution is -2.34. The fourth-order valence-corrected chi connectivity index (χ4v) is 2.55. The summed E-state index contributed by atoms with van der Waals surface area (Å²) in [6.45, 7) is 5.09. The molecule has 0 aliphatic rings. The van der Waals surface area contributed by atoms with Gasteiger partial charge in [0.2, 0.25) is 0 Å². The molecular formula is C13H17NO2S. The zero-order valence-electron chi connectivity index (χ0n) is 10.1. The van der Waals surface area contributed by atoms with E-state index < -0.39 is 5.60 Å². The number of aliphatic hydroxyl groups is 1. The first-order chi connectivity index (χ1) is 8.09. The van der Waals surface area contributed by atoms with Crippen LogP contribution in [0.3, 0.4) is 0 Å². The summed E-state index contributed by atoms with van der Waals surface area (Å²) in [4.78, 5) is 1.31. The van der Waals surface area contributed by atoms with E-state index in [9.17, 15) is 5.11 Å². The minimum atomic E-state index is -0.964. The Hall–Kier alpha value is -1.10. The molecule has 0 aliphatic heterocycles. The van der Waals surface area contributed by atoms with Crippen LogP contribution in [-0.2, 0) is 12.1 Å². The number of thiophene rings is 1. The highest BCUT2D eigenvalue weighted by Crippen LogP contribution is 2.20. The van der Waals surface area contributed by atoms with Gasteiger partial charge < -0.3 is 14.8 Å². The third-order valence-corrected chi connectivity index (χ3v) is 3.80. The summed E-state index contributed by atoms with van der Waals surface area (Å²) < 4.78 is 5.22. The largest absolute Gasteiger partial charge is 0.466 e. The van der Waals surface area contributed by atoms with E-state index in [1.165, 1.54) is 10.4 Å². The maximum Gasteiger partial charge on any atom is 0.136 e. The Bertz CT molecular complexity index is 459. The smallest absolute Gasteiger partial charge is 0.136 e. The van der Waals surface area contributed by atoms with Gasteiger partial charge in [-0.3, -0.25) is 0 Å². The van der Waals surface area contributed by atoms with Gasteiger partial charge in [-0.1, -0.05) is 0 Å². The van der Waals surface area contributed by atoms with Gasteiger partial charge in [0, 0.05) is 18.0 Å². The summed E-state index contributed by atoms with van der Waals surface area (Å²) in [5.41, 5.74) is 0.328. The van der Waals surface area contributed by atoms with Crippen molar-refractivity contribution in [3.63, 3.8) is 0 Å². The fourth-order valence-electron chi connectivity index (χ4n) is 1.68. The molecule has 2 aromatic rings. The van der Waals surface area contributed by atoms with Crippen molar-refractivity contribution in [2.45, 2.75) is 26.0 Å². The average Bonchev–Trinajstić information content (AvgIpc) is 2.90. The van der Waals surface area contributed by atoms with Gasteiger partial charge in [-0.25, -0.2) is 0 Å². The lowest BCUT2D eigenvalue weighted by atomic mass is 10.0. The average molecular weight is 251 g/mol. The molecule has 0 saturated heterocycles. The first kappa shape index (κ1) is 12.4. The van der Waals surface area contributed by atoms with Crippen molar-refractivity contribution >= 4 is 11.3 Å². The van der Waals surface area contributed by atoms with Gasteiger partial charge in [-0.15, -0.1) is 11.3 Å². The number of hydrogen-bond donors (Lipinski definition) is 2. The molecule has 0 bridgehead atoms. The number of rotatable bonds is 5. The predicted octanol–water partition coefficient (Wildman–Crippen LogP) is 2.65. The lowest BCUT2D eigenvalue weighted by Gasteiger charge is -2.21. The molecule has 1 atom stereocenters. The first-order valence-corrected chi connectivity index (χ1v) is 6.47. The van der Waals surface area contributed by atoms with Crippen molar-refractivity contribution in [2.24, 2.45) is 0 Å². The molecule has 3 nitrogen and oxygen atoms in total. The Kier molecular flexibility index (Phi) is 3.66. The molecule has 2 heterocycles. The Morgan fingerprint density at radius 2 is 2.29 bits per heavy atom. The highest BCUT2D eigenvalue weighted by Gasteiger charge is 2.25. The summed E-state index contributed by atoms with van der Waals surface area (Å²) in [6.07, 6.45) is 1.58. The Balaban J connectivity index is 1.88. The molecule has 0 radical (unpaired) electrons. The Labute approximate surface area is 105 Å². The zero-order valence-corrected chi connectivity index (χ0v) is 10.9. The van der Waals surface area contributed by atoms with Gasteiger partial charge in [0.25, 0.3) is 0 Å². The zero-order chi connectivity index (χ0) is 12.3. The summed E-state index contributed by atoms with van der Waals surface area (Å²) in [6, 6.07) is 5.68. The molecular weight excluding hydrogens is 234 g/mol. The quantitative estimate of drug-likeness (QED) is 0.858. The van der Waals surface area contributed by atoms with E-state index in [2.05, 4.69) is 23.7 Å². The van der Waals surface area contributed by atoms with Crippen LogP contribution in [0.2, 0.25) is 0 Å². The van der Waals surface area contributed by atoms with Crippen LogP contribution in [0.1, 0.15) is 23.1 Å². The van der Waals surface area contributed by atoms with Crippen LogP contribution >= 0.6 is 11.3 Å². The van der Waals surface area contributed by atoms with E-state index in [0.717, 1.165) is 6.54 Å². The molecule has 1 unspecified atom stereocenters. The van der Waals surface area contributed by atoms with Crippen molar-refractivity contribution in [3.05, 3.63) is 46.0 Å². The number of hydrogen-bond acceptors (Lipinski definition) is 4. The molecule has 4 heteroatoms. The second-order valence-electron chi connectivity index (χ2n) is 4.38. The topological polar surface area (TPSA) is 45.4 Å². The minimum Gasteiger partial charge on any atom is -0.466 e. The van der Waals surface area contributed by atoms with Gasteiger partial charge >= 0.3 is 0 Å². The SMILES string of the molecule is Cc1ccsc1CNCC(C)(O)c1ccco1. The number of aryl methyl sites for hydroxylation is 1. The molecule has 0 aliphatic carbocycles. The summed E-state index contributed by atoms with van der Waals surface area (Å²) in [5.74, 6) is 0.591. The van der Waals surface area contributed by atoms with Crippen LogP contribution in [0.25, 0.3) is 0 Å². The van der Waals surface area contributed by atoms with Crippen LogP contribution < -0.4 is 5.32 Å². The molecule has 0 fully saturated rings. The molecule has 0 amide bonds. The molecule has 92 valence electrons. The van der Waals surface area contributed by atoms with E-state index in [1.807, 2.05) is 0 Å². The maximum absolute atomic E-state index is 10.2. The van der Waals surface area contributed by atoms with Crippen molar-refractivity contribution in [1.82, 2.24) is 5.32 Å². The monoisotopic (exact) mass is 251 g/mol. The molecule has 2 aromatic heterocycles. The molecule has 0 spiro atoms. The first-order valence-electron chi connectivity index (χ1n) is 5.59. The van der Waals surface area contributed by atoms with E-state index in [1.54, 1.807) is 36.7 Å². The molecule has 2 rings (SSSR count). The van der Waals surface area contributed by atoms with Crippen LogP contribution in [0.5, 0.6) is 0 Å². The Morgan fingerprint density at radius 1 is 1.47 bits per heavy atom. The normalized spacial score (nSPS) is 14.8. The fraction of sp³-hybridized carbons (Fsp3) is 0.385. The molecule has 2 N–H and O–H groups in total. The maximum atomic E-state index is 10.2. The van der Waals surface area contributed by atoms with Gasteiger partial charge in [0.05, 0.1) is 6.26 Å². The lowest BCUT2D eigenvalue weighted by molar-refractivity contribution is 0.0341. The van der Waals surface area contributed by atoms with Crippen molar-refractivity contribution < 1.29 is 9.52 Å². The molecule has 0 aromatic carbocycles. The van der Waals surface area contributed by atoms with Crippen LogP contribution in [0.4, 0.5) is 0 Å². The van der Waals surface area contributed by atoms with Gasteiger partial charge in [-0.05, 0) is 43.0 Å². The number of nitrogens with one attached hydrogen (secondary N) is 1.